The predicted octanol–water partition coefficient (Wildman–Crippen LogP) is 2.92. The van der Waals surface area contributed by atoms with Gasteiger partial charge in [0.25, 0.3) is 0 Å². The van der Waals surface area contributed by atoms with E-state index in [1.165, 1.54) is 6.42 Å². The van der Waals surface area contributed by atoms with Gasteiger partial charge in [0.1, 0.15) is 11.5 Å². The van der Waals surface area contributed by atoms with Crippen LogP contribution in [0.3, 0.4) is 0 Å². The lowest BCUT2D eigenvalue weighted by molar-refractivity contribution is 0.126. The molecule has 1 aromatic heterocycles. The van der Waals surface area contributed by atoms with Gasteiger partial charge in [-0.25, -0.2) is 0 Å². The largest absolute Gasteiger partial charge is 0.464 e. The Morgan fingerprint density at radius 2 is 2.29 bits per heavy atom. The molecule has 1 aliphatic carbocycles. The maximum Gasteiger partial charge on any atom is 0.117 e. The summed E-state index contributed by atoms with van der Waals surface area (Å²) in [5.41, 5.74) is 0. The van der Waals surface area contributed by atoms with Crippen molar-refractivity contribution in [2.75, 3.05) is 13.2 Å². The van der Waals surface area contributed by atoms with Crippen molar-refractivity contribution in [3.8, 4) is 0 Å². The molecule has 1 fully saturated rings. The van der Waals surface area contributed by atoms with Crippen molar-refractivity contribution in [1.29, 1.82) is 0 Å². The van der Waals surface area contributed by atoms with E-state index >= 15 is 0 Å². The van der Waals surface area contributed by atoms with Crippen LogP contribution in [0.2, 0.25) is 0 Å². The summed E-state index contributed by atoms with van der Waals surface area (Å²) >= 11 is 0. The molecule has 1 heterocycles. The van der Waals surface area contributed by atoms with E-state index in [-0.39, 0.29) is 0 Å². The van der Waals surface area contributed by atoms with Gasteiger partial charge in [0.05, 0.1) is 13.2 Å². The van der Waals surface area contributed by atoms with E-state index in [1.54, 1.807) is 0 Å². The molecule has 0 saturated heterocycles. The Bertz CT molecular complexity index is 348. The molecule has 3 nitrogen and oxygen atoms in total. The summed E-state index contributed by atoms with van der Waals surface area (Å²) in [5.74, 6) is 3.66. The molecule has 0 amide bonds. The zero-order valence-corrected chi connectivity index (χ0v) is 11.0. The molecule has 3 atom stereocenters. The van der Waals surface area contributed by atoms with E-state index in [0.29, 0.717) is 12.0 Å². The highest BCUT2D eigenvalue weighted by Gasteiger charge is 2.36. The first-order chi connectivity index (χ1) is 8.20. The molecular weight excluding hydrogens is 214 g/mol. The third-order valence-electron chi connectivity index (χ3n) is 3.35. The Hall–Kier alpha value is -0.800. The minimum atomic E-state index is 0.364. The van der Waals surface area contributed by atoms with Crippen molar-refractivity contribution in [1.82, 2.24) is 5.32 Å². The molecule has 0 aromatic carbocycles. The first-order valence-electron chi connectivity index (χ1n) is 6.60. The molecule has 96 valence electrons. The summed E-state index contributed by atoms with van der Waals surface area (Å²) in [6.45, 7) is 8.73. The first-order valence-corrected chi connectivity index (χ1v) is 6.60. The maximum atomic E-state index is 5.83. The summed E-state index contributed by atoms with van der Waals surface area (Å²) in [4.78, 5) is 0. The highest BCUT2D eigenvalue weighted by Crippen LogP contribution is 2.47. The molecule has 3 unspecified atom stereocenters. The second kappa shape index (κ2) is 5.69. The van der Waals surface area contributed by atoms with Gasteiger partial charge in [0.15, 0.2) is 0 Å². The standard InChI is InChI=1S/C14H23NO2/c1-4-16-9-11(3)15-8-12-5-6-14(17-12)13-7-10(13)2/h5-6,10-11,13,15H,4,7-9H2,1-3H3. The van der Waals surface area contributed by atoms with Gasteiger partial charge in [0, 0.05) is 18.6 Å². The van der Waals surface area contributed by atoms with Crippen LogP contribution in [0.4, 0.5) is 0 Å². The van der Waals surface area contributed by atoms with E-state index < -0.39 is 0 Å². The van der Waals surface area contributed by atoms with Crippen molar-refractivity contribution >= 4 is 0 Å². The Labute approximate surface area is 104 Å². The summed E-state index contributed by atoms with van der Waals surface area (Å²) < 4.78 is 11.2. The molecule has 0 bridgehead atoms. The smallest absolute Gasteiger partial charge is 0.117 e. The fourth-order valence-electron chi connectivity index (χ4n) is 2.04. The third-order valence-corrected chi connectivity index (χ3v) is 3.35. The molecule has 2 rings (SSSR count). The second-order valence-electron chi connectivity index (χ2n) is 5.06. The normalized spacial score (nSPS) is 24.9. The first kappa shape index (κ1) is 12.7. The van der Waals surface area contributed by atoms with Crippen LogP contribution in [0.1, 0.15) is 44.6 Å². The van der Waals surface area contributed by atoms with Crippen LogP contribution < -0.4 is 5.32 Å². The van der Waals surface area contributed by atoms with Crippen LogP contribution in [-0.4, -0.2) is 19.3 Å². The molecular formula is C14H23NO2. The fourth-order valence-corrected chi connectivity index (χ4v) is 2.04. The van der Waals surface area contributed by atoms with Gasteiger partial charge >= 0.3 is 0 Å². The minimum Gasteiger partial charge on any atom is -0.464 e. The van der Waals surface area contributed by atoms with Gasteiger partial charge in [0.2, 0.25) is 0 Å². The average Bonchev–Trinajstić information content (AvgIpc) is 2.88. The lowest BCUT2D eigenvalue weighted by Crippen LogP contribution is -2.29. The summed E-state index contributed by atoms with van der Waals surface area (Å²) in [6, 6.07) is 4.57. The maximum absolute atomic E-state index is 5.83. The van der Waals surface area contributed by atoms with Crippen LogP contribution >= 0.6 is 0 Å². The number of nitrogens with one attached hydrogen (secondary N) is 1. The van der Waals surface area contributed by atoms with E-state index in [1.807, 2.05) is 6.92 Å². The quantitative estimate of drug-likeness (QED) is 0.791. The van der Waals surface area contributed by atoms with E-state index in [9.17, 15) is 0 Å². The topological polar surface area (TPSA) is 34.4 Å². The highest BCUT2D eigenvalue weighted by molar-refractivity contribution is 5.17. The van der Waals surface area contributed by atoms with E-state index in [0.717, 1.165) is 37.2 Å². The van der Waals surface area contributed by atoms with Crippen LogP contribution in [0.15, 0.2) is 16.5 Å². The molecule has 1 aliphatic rings. The molecule has 17 heavy (non-hydrogen) atoms. The Morgan fingerprint density at radius 3 is 2.94 bits per heavy atom. The lowest BCUT2D eigenvalue weighted by atomic mass is 10.3. The second-order valence-corrected chi connectivity index (χ2v) is 5.06. The number of ether oxygens (including phenoxy) is 1. The van der Waals surface area contributed by atoms with Gasteiger partial charge < -0.3 is 14.5 Å². The molecule has 0 spiro atoms. The Balaban J connectivity index is 1.73. The van der Waals surface area contributed by atoms with Crippen LogP contribution in [-0.2, 0) is 11.3 Å². The van der Waals surface area contributed by atoms with Gasteiger partial charge in [-0.05, 0) is 38.3 Å². The number of furan rings is 1. The van der Waals surface area contributed by atoms with Crippen LogP contribution in [0, 0.1) is 5.92 Å². The van der Waals surface area contributed by atoms with Crippen LogP contribution in [0.25, 0.3) is 0 Å². The van der Waals surface area contributed by atoms with Crippen molar-refractivity contribution in [3.05, 3.63) is 23.7 Å². The lowest BCUT2D eigenvalue weighted by Gasteiger charge is -2.12. The Kier molecular flexibility index (Phi) is 4.24. The number of hydrogen-bond acceptors (Lipinski definition) is 3. The van der Waals surface area contributed by atoms with Crippen molar-refractivity contribution in [2.45, 2.75) is 45.7 Å². The molecule has 1 aromatic rings. The van der Waals surface area contributed by atoms with E-state index in [2.05, 4.69) is 31.3 Å². The van der Waals surface area contributed by atoms with Gasteiger partial charge in [-0.2, -0.15) is 0 Å². The van der Waals surface area contributed by atoms with Gasteiger partial charge in [-0.15, -0.1) is 0 Å². The number of hydrogen-bond donors (Lipinski definition) is 1. The molecule has 1 saturated carbocycles. The van der Waals surface area contributed by atoms with Crippen molar-refractivity contribution in [3.63, 3.8) is 0 Å². The van der Waals surface area contributed by atoms with Gasteiger partial charge in [-0.1, -0.05) is 6.92 Å². The third kappa shape index (κ3) is 3.58. The summed E-state index contributed by atoms with van der Waals surface area (Å²) in [6.07, 6.45) is 1.28. The van der Waals surface area contributed by atoms with Crippen molar-refractivity contribution in [2.24, 2.45) is 5.92 Å². The number of rotatable bonds is 7. The van der Waals surface area contributed by atoms with Gasteiger partial charge in [-0.3, -0.25) is 0 Å². The molecule has 1 N–H and O–H groups in total. The fraction of sp³-hybridized carbons (Fsp3) is 0.714. The van der Waals surface area contributed by atoms with E-state index in [4.69, 9.17) is 9.15 Å². The Morgan fingerprint density at radius 1 is 1.53 bits per heavy atom. The molecule has 0 radical (unpaired) electrons. The summed E-state index contributed by atoms with van der Waals surface area (Å²) in [7, 11) is 0. The predicted molar refractivity (Wildman–Crippen MR) is 68.0 cm³/mol. The average molecular weight is 237 g/mol. The SMILES string of the molecule is CCOCC(C)NCc1ccc(C2CC2C)o1. The zero-order valence-electron chi connectivity index (χ0n) is 11.0. The monoisotopic (exact) mass is 237 g/mol. The molecule has 3 heteroatoms. The van der Waals surface area contributed by atoms with Crippen molar-refractivity contribution < 1.29 is 9.15 Å². The zero-order chi connectivity index (χ0) is 12.3. The summed E-state index contributed by atoms with van der Waals surface area (Å²) in [5, 5.41) is 3.40. The van der Waals surface area contributed by atoms with Crippen LogP contribution in [0.5, 0.6) is 0 Å². The minimum absolute atomic E-state index is 0.364. The highest BCUT2D eigenvalue weighted by atomic mass is 16.5. The molecule has 0 aliphatic heterocycles.